The van der Waals surface area contributed by atoms with Crippen LogP contribution < -0.4 is 5.73 Å². The fourth-order valence-electron chi connectivity index (χ4n) is 1.54. The Labute approximate surface area is 106 Å². The first kappa shape index (κ1) is 11.8. The highest BCUT2D eigenvalue weighted by Crippen LogP contribution is 2.14. The van der Waals surface area contributed by atoms with Gasteiger partial charge in [0.05, 0.1) is 17.2 Å². The molecule has 3 N–H and O–H groups in total. The molecule has 2 aromatic rings. The Morgan fingerprint density at radius 3 is 2.88 bits per heavy atom. The highest BCUT2D eigenvalue weighted by Gasteiger charge is 2.08. The molecule has 1 aromatic heterocycles. The Hall–Kier alpha value is -1.69. The topological polar surface area (TPSA) is 67.7 Å². The molecule has 0 saturated heterocycles. The summed E-state index contributed by atoms with van der Waals surface area (Å²) in [5.41, 5.74) is 6.58. The zero-order chi connectivity index (χ0) is 12.4. The van der Waals surface area contributed by atoms with Crippen molar-refractivity contribution in [2.75, 3.05) is 0 Å². The van der Waals surface area contributed by atoms with E-state index in [-0.39, 0.29) is 5.84 Å². The molecular weight excluding hydrogens is 287 g/mol. The standard InChI is InChI=1S/C11H10BrFN4/c12-8-4-16-17(6-8)5-7-1-2-9(13)3-10(7)11(14)15/h1-4,6H,5H2,(H3,14,15). The second kappa shape index (κ2) is 4.67. The number of hydrogen-bond donors (Lipinski definition) is 2. The van der Waals surface area contributed by atoms with Gasteiger partial charge in [-0.25, -0.2) is 4.39 Å². The van der Waals surface area contributed by atoms with Gasteiger partial charge in [-0.05, 0) is 33.6 Å². The largest absolute Gasteiger partial charge is 0.384 e. The van der Waals surface area contributed by atoms with Gasteiger partial charge in [0, 0.05) is 11.8 Å². The summed E-state index contributed by atoms with van der Waals surface area (Å²) in [7, 11) is 0. The second-order valence-corrected chi connectivity index (χ2v) is 4.49. The third-order valence-corrected chi connectivity index (χ3v) is 2.71. The molecule has 1 aromatic carbocycles. The van der Waals surface area contributed by atoms with Crippen molar-refractivity contribution in [1.82, 2.24) is 9.78 Å². The lowest BCUT2D eigenvalue weighted by molar-refractivity contribution is 0.623. The van der Waals surface area contributed by atoms with E-state index in [0.717, 1.165) is 10.0 Å². The van der Waals surface area contributed by atoms with Gasteiger partial charge in [-0.3, -0.25) is 10.1 Å². The van der Waals surface area contributed by atoms with Crippen molar-refractivity contribution in [3.8, 4) is 0 Å². The number of nitrogen functional groups attached to an aromatic ring is 1. The Bertz CT molecular complexity index is 564. The van der Waals surface area contributed by atoms with E-state index in [4.69, 9.17) is 11.1 Å². The Morgan fingerprint density at radius 2 is 2.29 bits per heavy atom. The van der Waals surface area contributed by atoms with E-state index in [1.807, 2.05) is 0 Å². The number of amidine groups is 1. The fraction of sp³-hybridized carbons (Fsp3) is 0.0909. The number of halogens is 2. The minimum Gasteiger partial charge on any atom is -0.384 e. The van der Waals surface area contributed by atoms with Gasteiger partial charge < -0.3 is 5.73 Å². The van der Waals surface area contributed by atoms with Crippen LogP contribution in [0, 0.1) is 11.2 Å². The molecule has 17 heavy (non-hydrogen) atoms. The lowest BCUT2D eigenvalue weighted by atomic mass is 10.1. The fourth-order valence-corrected chi connectivity index (χ4v) is 1.86. The molecule has 0 aliphatic heterocycles. The molecule has 0 bridgehead atoms. The maximum Gasteiger partial charge on any atom is 0.123 e. The summed E-state index contributed by atoms with van der Waals surface area (Å²) in [4.78, 5) is 0. The molecule has 0 amide bonds. The monoisotopic (exact) mass is 296 g/mol. The molecule has 0 aliphatic rings. The highest BCUT2D eigenvalue weighted by molar-refractivity contribution is 9.10. The average molecular weight is 297 g/mol. The SMILES string of the molecule is N=C(N)c1cc(F)ccc1Cn1cc(Br)cn1. The predicted molar refractivity (Wildman–Crippen MR) is 66.4 cm³/mol. The third kappa shape index (κ3) is 2.71. The van der Waals surface area contributed by atoms with Crippen LogP contribution in [0.15, 0.2) is 35.1 Å². The predicted octanol–water partition coefficient (Wildman–Crippen LogP) is 2.12. The van der Waals surface area contributed by atoms with Crippen LogP contribution in [-0.2, 0) is 6.54 Å². The number of benzene rings is 1. The second-order valence-electron chi connectivity index (χ2n) is 3.57. The first-order valence-electron chi connectivity index (χ1n) is 4.87. The van der Waals surface area contributed by atoms with E-state index >= 15 is 0 Å². The molecule has 2 rings (SSSR count). The third-order valence-electron chi connectivity index (χ3n) is 2.30. The molecule has 0 spiro atoms. The first-order valence-corrected chi connectivity index (χ1v) is 5.66. The van der Waals surface area contributed by atoms with Crippen molar-refractivity contribution < 1.29 is 4.39 Å². The number of nitrogens with two attached hydrogens (primary N) is 1. The number of nitrogens with one attached hydrogen (secondary N) is 1. The minimum absolute atomic E-state index is 0.147. The van der Waals surface area contributed by atoms with Crippen LogP contribution in [0.5, 0.6) is 0 Å². The molecule has 0 atom stereocenters. The molecule has 1 heterocycles. The van der Waals surface area contributed by atoms with Gasteiger partial charge in [-0.2, -0.15) is 5.10 Å². The lowest BCUT2D eigenvalue weighted by Gasteiger charge is -2.08. The van der Waals surface area contributed by atoms with E-state index in [2.05, 4.69) is 21.0 Å². The van der Waals surface area contributed by atoms with Gasteiger partial charge in [-0.1, -0.05) is 6.07 Å². The quantitative estimate of drug-likeness (QED) is 0.673. The maximum atomic E-state index is 13.1. The highest BCUT2D eigenvalue weighted by atomic mass is 79.9. The summed E-state index contributed by atoms with van der Waals surface area (Å²) >= 11 is 3.29. The Balaban J connectivity index is 2.35. The van der Waals surface area contributed by atoms with E-state index in [9.17, 15) is 4.39 Å². The zero-order valence-electron chi connectivity index (χ0n) is 8.82. The first-order chi connectivity index (χ1) is 8.06. The van der Waals surface area contributed by atoms with Crippen molar-refractivity contribution in [2.45, 2.75) is 6.54 Å². The van der Waals surface area contributed by atoms with Crippen LogP contribution in [-0.4, -0.2) is 15.6 Å². The summed E-state index contributed by atoms with van der Waals surface area (Å²) < 4.78 is 15.6. The van der Waals surface area contributed by atoms with Crippen molar-refractivity contribution in [1.29, 1.82) is 5.41 Å². The van der Waals surface area contributed by atoms with Crippen molar-refractivity contribution in [3.05, 3.63) is 52.0 Å². The maximum absolute atomic E-state index is 13.1. The van der Waals surface area contributed by atoms with Crippen molar-refractivity contribution >= 4 is 21.8 Å². The molecular formula is C11H10BrFN4. The molecule has 0 fully saturated rings. The van der Waals surface area contributed by atoms with Crippen molar-refractivity contribution in [3.63, 3.8) is 0 Å². The average Bonchev–Trinajstić information content (AvgIpc) is 2.66. The summed E-state index contributed by atoms with van der Waals surface area (Å²) in [6.07, 6.45) is 3.46. The van der Waals surface area contributed by atoms with E-state index in [0.29, 0.717) is 12.1 Å². The van der Waals surface area contributed by atoms with Crippen LogP contribution in [0.1, 0.15) is 11.1 Å². The van der Waals surface area contributed by atoms with Crippen LogP contribution in [0.25, 0.3) is 0 Å². The number of rotatable bonds is 3. The molecule has 0 unspecified atom stereocenters. The summed E-state index contributed by atoms with van der Waals surface area (Å²) in [5, 5.41) is 11.5. The van der Waals surface area contributed by atoms with Gasteiger partial charge in [-0.15, -0.1) is 0 Å². The van der Waals surface area contributed by atoms with E-state index < -0.39 is 5.82 Å². The molecule has 4 nitrogen and oxygen atoms in total. The van der Waals surface area contributed by atoms with Gasteiger partial charge in [0.25, 0.3) is 0 Å². The van der Waals surface area contributed by atoms with Gasteiger partial charge >= 0.3 is 0 Å². The van der Waals surface area contributed by atoms with E-state index in [1.54, 1.807) is 23.1 Å². The molecule has 0 aliphatic carbocycles. The summed E-state index contributed by atoms with van der Waals surface area (Å²) in [6.45, 7) is 0.445. The normalized spacial score (nSPS) is 10.5. The lowest BCUT2D eigenvalue weighted by Crippen LogP contribution is -2.15. The smallest absolute Gasteiger partial charge is 0.123 e. The number of aromatic nitrogens is 2. The molecule has 0 saturated carbocycles. The number of nitrogens with zero attached hydrogens (tertiary/aromatic N) is 2. The van der Waals surface area contributed by atoms with Gasteiger partial charge in [0.15, 0.2) is 0 Å². The van der Waals surface area contributed by atoms with Gasteiger partial charge in [0.1, 0.15) is 11.7 Å². The zero-order valence-corrected chi connectivity index (χ0v) is 10.4. The number of hydrogen-bond acceptors (Lipinski definition) is 2. The van der Waals surface area contributed by atoms with Crippen LogP contribution >= 0.6 is 15.9 Å². The molecule has 0 radical (unpaired) electrons. The Morgan fingerprint density at radius 1 is 1.53 bits per heavy atom. The molecule has 6 heteroatoms. The van der Waals surface area contributed by atoms with E-state index in [1.165, 1.54) is 12.1 Å². The summed E-state index contributed by atoms with van der Waals surface area (Å²) in [6, 6.07) is 4.22. The molecule has 88 valence electrons. The Kier molecular flexibility index (Phi) is 3.23. The van der Waals surface area contributed by atoms with Crippen LogP contribution in [0.3, 0.4) is 0 Å². The van der Waals surface area contributed by atoms with Gasteiger partial charge in [0.2, 0.25) is 0 Å². The summed E-state index contributed by atoms with van der Waals surface area (Å²) in [5.74, 6) is -0.550. The van der Waals surface area contributed by atoms with Crippen molar-refractivity contribution in [2.24, 2.45) is 5.73 Å². The van der Waals surface area contributed by atoms with Crippen LogP contribution in [0.2, 0.25) is 0 Å². The van der Waals surface area contributed by atoms with Crippen LogP contribution in [0.4, 0.5) is 4.39 Å². The minimum atomic E-state index is -0.402.